The number of hydrogen-bond acceptors (Lipinski definition) is 4. The van der Waals surface area contributed by atoms with Gasteiger partial charge in [0.2, 0.25) is 10.0 Å². The number of rotatable bonds is 4. The zero-order valence-electron chi connectivity index (χ0n) is 11.9. The van der Waals surface area contributed by atoms with Crippen LogP contribution in [-0.4, -0.2) is 15.0 Å². The number of nitrogen functional groups attached to an aromatic ring is 1. The summed E-state index contributed by atoms with van der Waals surface area (Å²) in [6.45, 7) is 3.17. The molecule has 0 atom stereocenters. The predicted molar refractivity (Wildman–Crippen MR) is 81.9 cm³/mol. The fourth-order valence-corrected chi connectivity index (χ4v) is 3.46. The van der Waals surface area contributed by atoms with Gasteiger partial charge in [0.15, 0.2) is 0 Å². The molecule has 1 fully saturated rings. The van der Waals surface area contributed by atoms with Crippen LogP contribution in [0.4, 0.5) is 11.4 Å². The Morgan fingerprint density at radius 3 is 2.45 bits per heavy atom. The fraction of sp³-hybridized carbons (Fsp3) is 0.571. The number of primary sulfonamides is 1. The third-order valence-electron chi connectivity index (χ3n) is 4.10. The molecule has 0 unspecified atom stereocenters. The van der Waals surface area contributed by atoms with E-state index in [9.17, 15) is 8.42 Å². The van der Waals surface area contributed by atoms with Gasteiger partial charge in [0, 0.05) is 12.2 Å². The lowest BCUT2D eigenvalue weighted by Gasteiger charge is -2.34. The molecule has 1 aliphatic rings. The van der Waals surface area contributed by atoms with Crippen molar-refractivity contribution < 1.29 is 8.42 Å². The van der Waals surface area contributed by atoms with Crippen LogP contribution >= 0.6 is 0 Å². The average Bonchev–Trinajstić information content (AvgIpc) is 2.36. The molecule has 5 nitrogen and oxygen atoms in total. The number of benzene rings is 1. The zero-order valence-corrected chi connectivity index (χ0v) is 12.7. The monoisotopic (exact) mass is 297 g/mol. The van der Waals surface area contributed by atoms with Crippen molar-refractivity contribution in [2.75, 3.05) is 17.6 Å². The van der Waals surface area contributed by atoms with Crippen molar-refractivity contribution in [2.45, 2.75) is 43.9 Å². The first-order valence-electron chi connectivity index (χ1n) is 6.96. The minimum atomic E-state index is -3.75. The minimum Gasteiger partial charge on any atom is -0.398 e. The van der Waals surface area contributed by atoms with Gasteiger partial charge in [-0.1, -0.05) is 26.2 Å². The number of sulfonamides is 1. The summed E-state index contributed by atoms with van der Waals surface area (Å²) in [6, 6.07) is 4.80. The third-order valence-corrected chi connectivity index (χ3v) is 5.08. The molecule has 1 aliphatic carbocycles. The second kappa shape index (κ2) is 5.61. The summed E-state index contributed by atoms with van der Waals surface area (Å²) in [5, 5.41) is 8.45. The highest BCUT2D eigenvalue weighted by atomic mass is 32.2. The Morgan fingerprint density at radius 1 is 1.25 bits per heavy atom. The van der Waals surface area contributed by atoms with Crippen molar-refractivity contribution in [1.82, 2.24) is 0 Å². The Hall–Kier alpha value is -1.27. The highest BCUT2D eigenvalue weighted by Crippen LogP contribution is 2.36. The van der Waals surface area contributed by atoms with E-state index in [0.717, 1.165) is 12.2 Å². The van der Waals surface area contributed by atoms with Crippen LogP contribution in [0.3, 0.4) is 0 Å². The summed E-state index contributed by atoms with van der Waals surface area (Å²) in [5.74, 6) is 0. The lowest BCUT2D eigenvalue weighted by molar-refractivity contribution is 0.233. The third kappa shape index (κ3) is 3.64. The maximum atomic E-state index is 11.3. The fourth-order valence-electron chi connectivity index (χ4n) is 2.82. The van der Waals surface area contributed by atoms with Gasteiger partial charge in [-0.05, 0) is 36.5 Å². The van der Waals surface area contributed by atoms with Crippen molar-refractivity contribution >= 4 is 21.4 Å². The van der Waals surface area contributed by atoms with Crippen molar-refractivity contribution in [3.63, 3.8) is 0 Å². The van der Waals surface area contributed by atoms with E-state index in [1.165, 1.54) is 38.2 Å². The molecular weight excluding hydrogens is 274 g/mol. The molecule has 1 aromatic carbocycles. The van der Waals surface area contributed by atoms with Crippen molar-refractivity contribution in [2.24, 2.45) is 10.6 Å². The van der Waals surface area contributed by atoms with Crippen molar-refractivity contribution in [1.29, 1.82) is 0 Å². The van der Waals surface area contributed by atoms with E-state index in [1.807, 2.05) is 0 Å². The molecule has 2 rings (SSSR count). The van der Waals surface area contributed by atoms with E-state index in [1.54, 1.807) is 12.1 Å². The van der Waals surface area contributed by atoms with Crippen LogP contribution < -0.4 is 16.2 Å². The summed E-state index contributed by atoms with van der Waals surface area (Å²) >= 11 is 0. The summed E-state index contributed by atoms with van der Waals surface area (Å²) in [5.41, 5.74) is 7.08. The molecule has 1 saturated carbocycles. The van der Waals surface area contributed by atoms with Crippen LogP contribution in [0.25, 0.3) is 0 Å². The number of nitrogens with two attached hydrogens (primary N) is 2. The Bertz CT molecular complexity index is 578. The highest BCUT2D eigenvalue weighted by molar-refractivity contribution is 7.89. The lowest BCUT2D eigenvalue weighted by atomic mass is 9.76. The Kier molecular flexibility index (Phi) is 4.25. The van der Waals surface area contributed by atoms with E-state index < -0.39 is 10.0 Å². The second-order valence-corrected chi connectivity index (χ2v) is 7.55. The molecule has 0 bridgehead atoms. The van der Waals surface area contributed by atoms with Gasteiger partial charge in [0.05, 0.1) is 5.69 Å². The van der Waals surface area contributed by atoms with Gasteiger partial charge in [-0.2, -0.15) is 0 Å². The summed E-state index contributed by atoms with van der Waals surface area (Å²) in [6.07, 6.45) is 6.34. The van der Waals surface area contributed by atoms with Crippen LogP contribution in [-0.2, 0) is 10.0 Å². The first-order chi connectivity index (χ1) is 9.30. The summed E-state index contributed by atoms with van der Waals surface area (Å²) < 4.78 is 22.6. The van der Waals surface area contributed by atoms with Crippen molar-refractivity contribution in [3.8, 4) is 0 Å². The normalized spacial score (nSPS) is 18.7. The van der Waals surface area contributed by atoms with Crippen molar-refractivity contribution in [3.05, 3.63) is 18.2 Å². The van der Waals surface area contributed by atoms with Crippen LogP contribution in [0, 0.1) is 5.41 Å². The molecule has 1 aromatic rings. The second-order valence-electron chi connectivity index (χ2n) is 6.02. The molecule has 0 heterocycles. The molecule has 0 aliphatic heterocycles. The topological polar surface area (TPSA) is 98.2 Å². The van der Waals surface area contributed by atoms with Crippen LogP contribution in [0.2, 0.25) is 0 Å². The van der Waals surface area contributed by atoms with E-state index in [-0.39, 0.29) is 10.6 Å². The molecule has 6 heteroatoms. The van der Waals surface area contributed by atoms with Crippen LogP contribution in [0.1, 0.15) is 39.0 Å². The Morgan fingerprint density at radius 2 is 1.90 bits per heavy atom. The maximum absolute atomic E-state index is 11.3. The van der Waals surface area contributed by atoms with Crippen LogP contribution in [0.5, 0.6) is 0 Å². The van der Waals surface area contributed by atoms with Gasteiger partial charge in [0.1, 0.15) is 4.90 Å². The Balaban J connectivity index is 2.06. The standard InChI is InChI=1S/C14H23N3O2S/c1-14(7-3-2-4-8-14)10-17-11-5-6-13(12(15)9-11)20(16,18)19/h5-6,9,17H,2-4,7-8,10,15H2,1H3,(H2,16,18,19). The largest absolute Gasteiger partial charge is 0.398 e. The van der Waals surface area contributed by atoms with E-state index in [2.05, 4.69) is 12.2 Å². The first kappa shape index (κ1) is 15.1. The highest BCUT2D eigenvalue weighted by Gasteiger charge is 2.26. The molecule has 0 spiro atoms. The van der Waals surface area contributed by atoms with Gasteiger partial charge in [-0.3, -0.25) is 0 Å². The maximum Gasteiger partial charge on any atom is 0.240 e. The molecular formula is C14H23N3O2S. The van der Waals surface area contributed by atoms with Gasteiger partial charge in [0.25, 0.3) is 0 Å². The minimum absolute atomic E-state index is 0.0214. The smallest absolute Gasteiger partial charge is 0.240 e. The SMILES string of the molecule is CC1(CNc2ccc(S(N)(=O)=O)c(N)c2)CCCCC1. The number of nitrogens with one attached hydrogen (secondary N) is 1. The number of hydrogen-bond donors (Lipinski definition) is 3. The quantitative estimate of drug-likeness (QED) is 0.743. The molecule has 0 saturated heterocycles. The number of anilines is 2. The Labute approximate surface area is 120 Å². The van der Waals surface area contributed by atoms with E-state index in [0.29, 0.717) is 5.41 Å². The lowest BCUT2D eigenvalue weighted by Crippen LogP contribution is -2.28. The van der Waals surface area contributed by atoms with Gasteiger partial charge < -0.3 is 11.1 Å². The molecule has 20 heavy (non-hydrogen) atoms. The van der Waals surface area contributed by atoms with Gasteiger partial charge in [-0.15, -0.1) is 0 Å². The van der Waals surface area contributed by atoms with Gasteiger partial charge >= 0.3 is 0 Å². The summed E-state index contributed by atoms with van der Waals surface area (Å²) in [7, 11) is -3.75. The molecule has 5 N–H and O–H groups in total. The van der Waals surface area contributed by atoms with Gasteiger partial charge in [-0.25, -0.2) is 13.6 Å². The van der Waals surface area contributed by atoms with E-state index in [4.69, 9.17) is 10.9 Å². The predicted octanol–water partition coefficient (Wildman–Crippen LogP) is 2.30. The molecule has 0 amide bonds. The molecule has 0 aromatic heterocycles. The first-order valence-corrected chi connectivity index (χ1v) is 8.51. The van der Waals surface area contributed by atoms with E-state index >= 15 is 0 Å². The molecule has 112 valence electrons. The average molecular weight is 297 g/mol. The van der Waals surface area contributed by atoms with Crippen LogP contribution in [0.15, 0.2) is 23.1 Å². The summed E-state index contributed by atoms with van der Waals surface area (Å²) in [4.78, 5) is -0.0214. The molecule has 0 radical (unpaired) electrons. The zero-order chi connectivity index (χ0) is 14.8.